The Morgan fingerprint density at radius 2 is 1.63 bits per heavy atom. The summed E-state index contributed by atoms with van der Waals surface area (Å²) >= 11 is 0. The molecule has 2 fully saturated rings. The lowest BCUT2D eigenvalue weighted by atomic mass is 9.75. The first-order valence-corrected chi connectivity index (χ1v) is 11.8. The van der Waals surface area contributed by atoms with Crippen LogP contribution in [0.5, 0.6) is 0 Å². The first kappa shape index (κ1) is 21.5. The molecule has 0 saturated carbocycles. The van der Waals surface area contributed by atoms with Crippen LogP contribution in [-0.4, -0.2) is 65.4 Å². The van der Waals surface area contributed by atoms with Gasteiger partial charge in [0.1, 0.15) is 11.6 Å². The van der Waals surface area contributed by atoms with Crippen molar-refractivity contribution in [2.24, 2.45) is 11.3 Å². The van der Waals surface area contributed by atoms with Gasteiger partial charge < -0.3 is 14.7 Å². The molecule has 0 aliphatic carbocycles. The normalized spacial score (nSPS) is 22.3. The van der Waals surface area contributed by atoms with Gasteiger partial charge in [0, 0.05) is 44.5 Å². The summed E-state index contributed by atoms with van der Waals surface area (Å²) < 4.78 is 0. The molecule has 6 nitrogen and oxygen atoms in total. The SMILES string of the molecule is CC(=O)N1CCc2nc(C3CCN(C)CC3)nc(N3CCC(C(C)(C)C)CC3)c2C1. The van der Waals surface area contributed by atoms with Crippen LogP contribution in [0.15, 0.2) is 0 Å². The van der Waals surface area contributed by atoms with Gasteiger partial charge in [0.15, 0.2) is 0 Å². The van der Waals surface area contributed by atoms with Crippen molar-refractivity contribution >= 4 is 11.7 Å². The van der Waals surface area contributed by atoms with E-state index in [9.17, 15) is 4.79 Å². The van der Waals surface area contributed by atoms with Crippen LogP contribution in [0.1, 0.15) is 76.4 Å². The van der Waals surface area contributed by atoms with E-state index in [1.807, 2.05) is 4.90 Å². The van der Waals surface area contributed by atoms with Crippen LogP contribution in [0.2, 0.25) is 0 Å². The number of rotatable bonds is 2. The number of likely N-dealkylation sites (tertiary alicyclic amines) is 1. The third-order valence-electron chi connectivity index (χ3n) is 7.60. The lowest BCUT2D eigenvalue weighted by Gasteiger charge is -2.41. The van der Waals surface area contributed by atoms with E-state index in [0.29, 0.717) is 17.9 Å². The van der Waals surface area contributed by atoms with Gasteiger partial charge >= 0.3 is 0 Å². The molecule has 3 aliphatic rings. The fourth-order valence-electron chi connectivity index (χ4n) is 5.35. The third-order valence-corrected chi connectivity index (χ3v) is 7.60. The Morgan fingerprint density at radius 1 is 0.967 bits per heavy atom. The smallest absolute Gasteiger partial charge is 0.219 e. The lowest BCUT2D eigenvalue weighted by Crippen LogP contribution is -2.41. The van der Waals surface area contributed by atoms with Gasteiger partial charge in [-0.1, -0.05) is 20.8 Å². The molecule has 4 rings (SSSR count). The van der Waals surface area contributed by atoms with Gasteiger partial charge in [0.05, 0.1) is 12.2 Å². The van der Waals surface area contributed by atoms with Gasteiger partial charge in [-0.3, -0.25) is 4.79 Å². The monoisotopic (exact) mass is 413 g/mol. The summed E-state index contributed by atoms with van der Waals surface area (Å²) in [5, 5.41) is 0. The molecule has 1 aromatic rings. The maximum absolute atomic E-state index is 12.1. The van der Waals surface area contributed by atoms with E-state index in [1.54, 1.807) is 6.92 Å². The molecule has 4 heterocycles. The number of anilines is 1. The summed E-state index contributed by atoms with van der Waals surface area (Å²) in [6.45, 7) is 14.5. The highest BCUT2D eigenvalue weighted by Gasteiger charge is 2.33. The highest BCUT2D eigenvalue weighted by molar-refractivity contribution is 5.74. The van der Waals surface area contributed by atoms with E-state index in [2.05, 4.69) is 37.6 Å². The molecule has 0 bridgehead atoms. The number of fused-ring (bicyclic) bond motifs is 1. The first-order chi connectivity index (χ1) is 14.2. The molecule has 6 heteroatoms. The molecular formula is C24H39N5O. The number of hydrogen-bond donors (Lipinski definition) is 0. The third kappa shape index (κ3) is 4.48. The van der Waals surface area contributed by atoms with Gasteiger partial charge in [-0.25, -0.2) is 9.97 Å². The van der Waals surface area contributed by atoms with Crippen molar-refractivity contribution in [2.75, 3.05) is 44.7 Å². The van der Waals surface area contributed by atoms with Crippen molar-refractivity contribution < 1.29 is 4.79 Å². The summed E-state index contributed by atoms with van der Waals surface area (Å²) in [6, 6.07) is 0. The molecule has 1 aromatic heterocycles. The van der Waals surface area contributed by atoms with Crippen LogP contribution in [-0.2, 0) is 17.8 Å². The van der Waals surface area contributed by atoms with Crippen molar-refractivity contribution in [2.45, 2.75) is 72.3 Å². The van der Waals surface area contributed by atoms with Gasteiger partial charge in [0.2, 0.25) is 5.91 Å². The summed E-state index contributed by atoms with van der Waals surface area (Å²) in [6.07, 6.45) is 5.55. The Labute approximate surface area is 182 Å². The Bertz CT molecular complexity index is 771. The molecule has 166 valence electrons. The zero-order valence-corrected chi connectivity index (χ0v) is 19.6. The van der Waals surface area contributed by atoms with Crippen LogP contribution in [0, 0.1) is 11.3 Å². The van der Waals surface area contributed by atoms with Crippen LogP contribution in [0.3, 0.4) is 0 Å². The molecule has 30 heavy (non-hydrogen) atoms. The van der Waals surface area contributed by atoms with E-state index in [-0.39, 0.29) is 5.91 Å². The Kier molecular flexibility index (Phi) is 6.06. The lowest BCUT2D eigenvalue weighted by molar-refractivity contribution is -0.129. The quantitative estimate of drug-likeness (QED) is 0.743. The number of carbonyl (C=O) groups is 1. The fourth-order valence-corrected chi connectivity index (χ4v) is 5.35. The number of carbonyl (C=O) groups excluding carboxylic acids is 1. The first-order valence-electron chi connectivity index (χ1n) is 11.8. The average Bonchev–Trinajstić information content (AvgIpc) is 2.72. The van der Waals surface area contributed by atoms with E-state index in [0.717, 1.165) is 69.5 Å². The molecule has 0 spiro atoms. The predicted octanol–water partition coefficient (Wildman–Crippen LogP) is 3.45. The fraction of sp³-hybridized carbons (Fsp3) is 0.792. The largest absolute Gasteiger partial charge is 0.356 e. The molecular weight excluding hydrogens is 374 g/mol. The number of hydrogen-bond acceptors (Lipinski definition) is 5. The summed E-state index contributed by atoms with van der Waals surface area (Å²) in [5.74, 6) is 3.53. The van der Waals surface area contributed by atoms with Crippen molar-refractivity contribution in [3.05, 3.63) is 17.1 Å². The van der Waals surface area contributed by atoms with Crippen molar-refractivity contribution in [3.63, 3.8) is 0 Å². The van der Waals surface area contributed by atoms with Gasteiger partial charge in [-0.15, -0.1) is 0 Å². The van der Waals surface area contributed by atoms with Crippen LogP contribution in [0.4, 0.5) is 5.82 Å². The minimum absolute atomic E-state index is 0.150. The second-order valence-corrected chi connectivity index (χ2v) is 10.7. The molecule has 0 N–H and O–H groups in total. The van der Waals surface area contributed by atoms with E-state index < -0.39 is 0 Å². The molecule has 0 atom stereocenters. The zero-order valence-electron chi connectivity index (χ0n) is 19.6. The van der Waals surface area contributed by atoms with Gasteiger partial charge in [0.25, 0.3) is 0 Å². The van der Waals surface area contributed by atoms with E-state index >= 15 is 0 Å². The summed E-state index contributed by atoms with van der Waals surface area (Å²) in [4.78, 5) is 29.2. The van der Waals surface area contributed by atoms with Crippen LogP contribution < -0.4 is 4.90 Å². The Balaban J connectivity index is 1.63. The molecule has 0 unspecified atom stereocenters. The van der Waals surface area contributed by atoms with E-state index in [4.69, 9.17) is 9.97 Å². The second kappa shape index (κ2) is 8.45. The highest BCUT2D eigenvalue weighted by atomic mass is 16.2. The topological polar surface area (TPSA) is 52.6 Å². The number of amides is 1. The molecule has 0 aromatic carbocycles. The molecule has 1 amide bonds. The summed E-state index contributed by atoms with van der Waals surface area (Å²) in [5.41, 5.74) is 2.74. The predicted molar refractivity (Wildman–Crippen MR) is 121 cm³/mol. The number of aromatic nitrogens is 2. The minimum Gasteiger partial charge on any atom is -0.356 e. The maximum Gasteiger partial charge on any atom is 0.219 e. The average molecular weight is 414 g/mol. The number of nitrogens with zero attached hydrogens (tertiary/aromatic N) is 5. The Morgan fingerprint density at radius 3 is 2.23 bits per heavy atom. The molecule has 0 radical (unpaired) electrons. The standard InChI is InChI=1S/C24H39N5O/c1-17(30)29-15-10-21-20(16-29)23(28-13-8-19(9-14-28)24(2,3)4)26-22(25-21)18-6-11-27(5)12-7-18/h18-19H,6-16H2,1-5H3. The van der Waals surface area contributed by atoms with E-state index in [1.165, 1.54) is 24.1 Å². The number of piperidine rings is 2. The van der Waals surface area contributed by atoms with Crippen molar-refractivity contribution in [1.82, 2.24) is 19.8 Å². The summed E-state index contributed by atoms with van der Waals surface area (Å²) in [7, 11) is 2.20. The van der Waals surface area contributed by atoms with Gasteiger partial charge in [-0.05, 0) is 57.2 Å². The minimum atomic E-state index is 0.150. The van der Waals surface area contributed by atoms with Crippen LogP contribution >= 0.6 is 0 Å². The van der Waals surface area contributed by atoms with Crippen molar-refractivity contribution in [3.8, 4) is 0 Å². The van der Waals surface area contributed by atoms with Crippen LogP contribution in [0.25, 0.3) is 0 Å². The second-order valence-electron chi connectivity index (χ2n) is 10.7. The highest BCUT2D eigenvalue weighted by Crippen LogP contribution is 2.38. The molecule has 2 saturated heterocycles. The zero-order chi connectivity index (χ0) is 21.5. The maximum atomic E-state index is 12.1. The molecule has 3 aliphatic heterocycles. The Hall–Kier alpha value is -1.69. The van der Waals surface area contributed by atoms with Gasteiger partial charge in [-0.2, -0.15) is 0 Å². The van der Waals surface area contributed by atoms with Crippen molar-refractivity contribution in [1.29, 1.82) is 0 Å².